The summed E-state index contributed by atoms with van der Waals surface area (Å²) in [5, 5.41) is 11.9. The Morgan fingerprint density at radius 3 is 2.41 bits per heavy atom. The normalized spacial score (nSPS) is 34.0. The van der Waals surface area contributed by atoms with Gasteiger partial charge >= 0.3 is 0 Å². The summed E-state index contributed by atoms with van der Waals surface area (Å²) in [4.78, 5) is 2.04. The lowest BCUT2D eigenvalue weighted by Gasteiger charge is -2.55. The molecule has 4 heteroatoms. The van der Waals surface area contributed by atoms with E-state index < -0.39 is 22.2 Å². The third-order valence-electron chi connectivity index (χ3n) is 5.31. The molecule has 4 nitrogen and oxygen atoms in total. The summed E-state index contributed by atoms with van der Waals surface area (Å²) < 4.78 is 12.4. The topological polar surface area (TPSA) is 41.9 Å². The molecular weight excluding hydrogens is 278 g/mol. The Morgan fingerprint density at radius 1 is 1.14 bits per heavy atom. The van der Waals surface area contributed by atoms with Gasteiger partial charge < -0.3 is 19.5 Å². The molecular formula is C18H27NO3. The number of aliphatic hydroxyl groups is 1. The predicted molar refractivity (Wildman–Crippen MR) is 86.6 cm³/mol. The number of ether oxygens (including phenoxy) is 2. The molecule has 2 aliphatic heterocycles. The Bertz CT molecular complexity index is 592. The largest absolute Gasteiger partial charge is 0.383 e. The van der Waals surface area contributed by atoms with Crippen LogP contribution in [0.4, 0.5) is 5.69 Å². The third-order valence-corrected chi connectivity index (χ3v) is 5.31. The van der Waals surface area contributed by atoms with Gasteiger partial charge in [-0.25, -0.2) is 0 Å². The second-order valence-corrected chi connectivity index (χ2v) is 8.24. The fourth-order valence-electron chi connectivity index (χ4n) is 4.28. The molecule has 3 rings (SSSR count). The molecule has 22 heavy (non-hydrogen) atoms. The Balaban J connectivity index is 2.28. The molecule has 0 saturated carbocycles. The van der Waals surface area contributed by atoms with Gasteiger partial charge in [-0.1, -0.05) is 52.8 Å². The van der Waals surface area contributed by atoms with Gasteiger partial charge in [-0.05, 0) is 11.5 Å². The molecule has 1 fully saturated rings. The minimum absolute atomic E-state index is 0.394. The summed E-state index contributed by atoms with van der Waals surface area (Å²) >= 11 is 0. The molecule has 122 valence electrons. The highest BCUT2D eigenvalue weighted by Gasteiger charge is 2.72. The van der Waals surface area contributed by atoms with Crippen LogP contribution in [0.2, 0.25) is 0 Å². The van der Waals surface area contributed by atoms with Gasteiger partial charge in [0.2, 0.25) is 5.79 Å². The average Bonchev–Trinajstić information content (AvgIpc) is 2.65. The van der Waals surface area contributed by atoms with Crippen LogP contribution in [-0.2, 0) is 15.3 Å². The molecule has 0 radical (unpaired) electrons. The first kappa shape index (κ1) is 15.8. The fourth-order valence-corrected chi connectivity index (χ4v) is 4.28. The van der Waals surface area contributed by atoms with Gasteiger partial charge in [-0.2, -0.15) is 0 Å². The van der Waals surface area contributed by atoms with Crippen LogP contribution in [0.5, 0.6) is 0 Å². The van der Waals surface area contributed by atoms with Gasteiger partial charge in [0.1, 0.15) is 12.3 Å². The summed E-state index contributed by atoms with van der Waals surface area (Å²) in [6.07, 6.45) is 0. The van der Waals surface area contributed by atoms with E-state index >= 15 is 0 Å². The van der Waals surface area contributed by atoms with E-state index in [-0.39, 0.29) is 0 Å². The number of anilines is 1. The SMILES string of the molecule is CN1COC2(OCC(C)(C)C2(O)C(C)(C)C)c2ccccc21. The van der Waals surface area contributed by atoms with E-state index in [0.29, 0.717) is 13.3 Å². The van der Waals surface area contributed by atoms with Crippen molar-refractivity contribution in [2.45, 2.75) is 46.0 Å². The van der Waals surface area contributed by atoms with Crippen molar-refractivity contribution in [2.24, 2.45) is 10.8 Å². The van der Waals surface area contributed by atoms with Crippen LogP contribution in [-0.4, -0.2) is 31.1 Å². The van der Waals surface area contributed by atoms with Gasteiger partial charge in [0.05, 0.1) is 6.61 Å². The molecule has 0 bridgehead atoms. The predicted octanol–water partition coefficient (Wildman–Crippen LogP) is 3.10. The van der Waals surface area contributed by atoms with Crippen LogP contribution in [0.1, 0.15) is 40.2 Å². The Hall–Kier alpha value is -1.10. The van der Waals surface area contributed by atoms with Crippen molar-refractivity contribution < 1.29 is 14.6 Å². The zero-order chi connectivity index (χ0) is 16.4. The van der Waals surface area contributed by atoms with E-state index in [1.54, 1.807) is 0 Å². The number of benzene rings is 1. The minimum atomic E-state index is -1.15. The first-order valence-corrected chi connectivity index (χ1v) is 7.88. The molecule has 2 aliphatic rings. The number of hydrogen-bond acceptors (Lipinski definition) is 4. The number of para-hydroxylation sites is 1. The maximum atomic E-state index is 11.9. The van der Waals surface area contributed by atoms with Crippen LogP contribution in [0.15, 0.2) is 24.3 Å². The van der Waals surface area contributed by atoms with Crippen molar-refractivity contribution >= 4 is 5.69 Å². The molecule has 1 spiro atoms. The van der Waals surface area contributed by atoms with Gasteiger partial charge in [0.25, 0.3) is 0 Å². The zero-order valence-corrected chi connectivity index (χ0v) is 14.4. The van der Waals surface area contributed by atoms with Crippen molar-refractivity contribution in [1.29, 1.82) is 0 Å². The number of nitrogens with zero attached hydrogens (tertiary/aromatic N) is 1. The van der Waals surface area contributed by atoms with Gasteiger partial charge in [0, 0.05) is 23.7 Å². The maximum Gasteiger partial charge on any atom is 0.229 e. The molecule has 2 unspecified atom stereocenters. The minimum Gasteiger partial charge on any atom is -0.383 e. The van der Waals surface area contributed by atoms with Gasteiger partial charge in [-0.3, -0.25) is 0 Å². The van der Waals surface area contributed by atoms with E-state index in [1.807, 2.05) is 30.1 Å². The van der Waals surface area contributed by atoms with Crippen molar-refractivity contribution in [3.63, 3.8) is 0 Å². The molecule has 0 amide bonds. The molecule has 1 aromatic rings. The van der Waals surface area contributed by atoms with E-state index in [2.05, 4.69) is 40.7 Å². The van der Waals surface area contributed by atoms with E-state index in [9.17, 15) is 5.11 Å². The molecule has 0 aromatic heterocycles. The number of hydrogen-bond donors (Lipinski definition) is 1. The highest BCUT2D eigenvalue weighted by Crippen LogP contribution is 2.63. The van der Waals surface area contributed by atoms with Crippen LogP contribution < -0.4 is 4.90 Å². The highest BCUT2D eigenvalue weighted by molar-refractivity contribution is 5.58. The lowest BCUT2D eigenvalue weighted by atomic mass is 9.58. The van der Waals surface area contributed by atoms with E-state index in [1.165, 1.54) is 0 Å². The van der Waals surface area contributed by atoms with Crippen LogP contribution >= 0.6 is 0 Å². The summed E-state index contributed by atoms with van der Waals surface area (Å²) in [6, 6.07) is 8.03. The Kier molecular flexibility index (Phi) is 3.20. The lowest BCUT2D eigenvalue weighted by Crippen LogP contribution is -2.65. The molecule has 1 saturated heterocycles. The van der Waals surface area contributed by atoms with E-state index in [4.69, 9.17) is 9.47 Å². The third kappa shape index (κ3) is 1.69. The van der Waals surface area contributed by atoms with Crippen LogP contribution in [0.25, 0.3) is 0 Å². The summed E-state index contributed by atoms with van der Waals surface area (Å²) in [6.45, 7) is 11.1. The molecule has 0 aliphatic carbocycles. The zero-order valence-electron chi connectivity index (χ0n) is 14.4. The van der Waals surface area contributed by atoms with Gasteiger partial charge in [0.15, 0.2) is 0 Å². The standard InChI is InChI=1S/C18H27NO3/c1-15(2,3)18(20)16(4,5)11-21-17(18)13-9-7-8-10-14(13)19(6)12-22-17/h7-10,20H,11-12H2,1-6H3. The highest BCUT2D eigenvalue weighted by atomic mass is 16.7. The molecule has 2 atom stereocenters. The first-order chi connectivity index (χ1) is 10.1. The second kappa shape index (κ2) is 4.47. The summed E-state index contributed by atoms with van der Waals surface area (Å²) in [5.74, 6) is -1.13. The molecule has 1 N–H and O–H groups in total. The van der Waals surface area contributed by atoms with Crippen molar-refractivity contribution in [3.05, 3.63) is 29.8 Å². The monoisotopic (exact) mass is 305 g/mol. The number of fused-ring (bicyclic) bond motifs is 2. The summed E-state index contributed by atoms with van der Waals surface area (Å²) in [5.41, 5.74) is -0.0184. The maximum absolute atomic E-state index is 11.9. The Labute approximate surface area is 133 Å². The molecule has 2 heterocycles. The van der Waals surface area contributed by atoms with Gasteiger partial charge in [-0.15, -0.1) is 0 Å². The van der Waals surface area contributed by atoms with Crippen LogP contribution in [0, 0.1) is 10.8 Å². The smallest absolute Gasteiger partial charge is 0.229 e. The van der Waals surface area contributed by atoms with Crippen molar-refractivity contribution in [2.75, 3.05) is 25.3 Å². The fraction of sp³-hybridized carbons (Fsp3) is 0.667. The Morgan fingerprint density at radius 2 is 1.77 bits per heavy atom. The summed E-state index contributed by atoms with van der Waals surface area (Å²) in [7, 11) is 1.99. The lowest BCUT2D eigenvalue weighted by molar-refractivity contribution is -0.328. The first-order valence-electron chi connectivity index (χ1n) is 7.88. The average molecular weight is 305 g/mol. The van der Waals surface area contributed by atoms with E-state index in [0.717, 1.165) is 11.3 Å². The number of rotatable bonds is 0. The van der Waals surface area contributed by atoms with Crippen molar-refractivity contribution in [3.8, 4) is 0 Å². The molecule has 1 aromatic carbocycles. The van der Waals surface area contributed by atoms with Crippen LogP contribution in [0.3, 0.4) is 0 Å². The second-order valence-electron chi connectivity index (χ2n) is 8.24. The quantitative estimate of drug-likeness (QED) is 0.800. The van der Waals surface area contributed by atoms with Crippen molar-refractivity contribution in [1.82, 2.24) is 0 Å².